The lowest BCUT2D eigenvalue weighted by Gasteiger charge is -2.25. The SMILES string of the molecule is CSCCC(N)C(=O)NC(CCCCN)C(=O)NC(Cc1cnc[nH]1)C(=O)NC(Cc1ccc(O)cc1)C(=O)O. The van der Waals surface area contributed by atoms with Crippen LogP contribution in [0.3, 0.4) is 0 Å². The van der Waals surface area contributed by atoms with E-state index in [-0.39, 0.29) is 25.0 Å². The number of nitrogens with zero attached hydrogens (tertiary/aromatic N) is 1. The number of unbranched alkanes of at least 4 members (excludes halogenated alkanes) is 1. The molecular formula is C26H39N7O6S. The number of phenols is 1. The van der Waals surface area contributed by atoms with Crippen LogP contribution in [0.2, 0.25) is 0 Å². The van der Waals surface area contributed by atoms with E-state index in [1.54, 1.807) is 23.9 Å². The third-order valence-corrected chi connectivity index (χ3v) is 6.80. The highest BCUT2D eigenvalue weighted by Gasteiger charge is 2.30. The van der Waals surface area contributed by atoms with Crippen molar-refractivity contribution in [1.29, 1.82) is 0 Å². The Morgan fingerprint density at radius 1 is 0.950 bits per heavy atom. The number of hydrogen-bond donors (Lipinski definition) is 8. The first-order chi connectivity index (χ1) is 19.1. The molecule has 0 saturated carbocycles. The summed E-state index contributed by atoms with van der Waals surface area (Å²) < 4.78 is 0. The predicted octanol–water partition coefficient (Wildman–Crippen LogP) is -0.351. The average molecular weight is 578 g/mol. The molecule has 14 heteroatoms. The molecule has 40 heavy (non-hydrogen) atoms. The van der Waals surface area contributed by atoms with Gasteiger partial charge in [-0.15, -0.1) is 0 Å². The molecule has 220 valence electrons. The van der Waals surface area contributed by atoms with Gasteiger partial charge in [-0.25, -0.2) is 9.78 Å². The fraction of sp³-hybridized carbons (Fsp3) is 0.500. The van der Waals surface area contributed by atoms with Crippen molar-refractivity contribution in [3.8, 4) is 5.75 Å². The van der Waals surface area contributed by atoms with Crippen LogP contribution in [0.15, 0.2) is 36.8 Å². The normalized spacial score (nSPS) is 14.0. The van der Waals surface area contributed by atoms with Gasteiger partial charge in [-0.05, 0) is 61.9 Å². The van der Waals surface area contributed by atoms with E-state index in [0.717, 1.165) is 0 Å². The zero-order chi connectivity index (χ0) is 29.5. The van der Waals surface area contributed by atoms with Crippen molar-refractivity contribution in [1.82, 2.24) is 25.9 Å². The summed E-state index contributed by atoms with van der Waals surface area (Å²) in [6, 6.07) is 1.72. The number of amides is 3. The molecule has 4 unspecified atom stereocenters. The van der Waals surface area contributed by atoms with Gasteiger partial charge in [0.05, 0.1) is 12.4 Å². The molecule has 1 heterocycles. The fourth-order valence-corrected chi connectivity index (χ4v) is 4.34. The van der Waals surface area contributed by atoms with Gasteiger partial charge in [0.1, 0.15) is 23.9 Å². The summed E-state index contributed by atoms with van der Waals surface area (Å²) >= 11 is 1.55. The lowest BCUT2D eigenvalue weighted by atomic mass is 10.0. The van der Waals surface area contributed by atoms with Crippen LogP contribution >= 0.6 is 11.8 Å². The molecule has 0 aliphatic carbocycles. The molecule has 0 spiro atoms. The highest BCUT2D eigenvalue weighted by Crippen LogP contribution is 2.12. The Balaban J connectivity index is 2.19. The van der Waals surface area contributed by atoms with Gasteiger partial charge in [-0.2, -0.15) is 11.8 Å². The largest absolute Gasteiger partial charge is 0.508 e. The maximum atomic E-state index is 13.3. The minimum absolute atomic E-state index is 0.000173. The Kier molecular flexibility index (Phi) is 14.0. The molecule has 2 rings (SSSR count). The van der Waals surface area contributed by atoms with Crippen LogP contribution in [-0.2, 0) is 32.0 Å². The molecule has 0 fully saturated rings. The number of carboxylic acid groups (broad SMARTS) is 1. The molecule has 3 amide bonds. The number of carbonyl (C=O) groups excluding carboxylic acids is 3. The second kappa shape index (κ2) is 17.2. The van der Waals surface area contributed by atoms with E-state index in [9.17, 15) is 29.4 Å². The minimum atomic E-state index is -1.30. The van der Waals surface area contributed by atoms with Crippen molar-refractivity contribution >= 4 is 35.5 Å². The molecule has 0 aliphatic rings. The second-order valence-corrected chi connectivity index (χ2v) is 10.3. The van der Waals surface area contributed by atoms with Crippen LogP contribution in [0.5, 0.6) is 5.75 Å². The Morgan fingerprint density at radius 2 is 1.60 bits per heavy atom. The highest BCUT2D eigenvalue weighted by molar-refractivity contribution is 7.98. The minimum Gasteiger partial charge on any atom is -0.508 e. The second-order valence-electron chi connectivity index (χ2n) is 9.35. The first-order valence-electron chi connectivity index (χ1n) is 13.0. The summed E-state index contributed by atoms with van der Waals surface area (Å²) in [5.41, 5.74) is 12.7. The third kappa shape index (κ3) is 11.2. The van der Waals surface area contributed by atoms with Crippen molar-refractivity contribution < 1.29 is 29.4 Å². The summed E-state index contributed by atoms with van der Waals surface area (Å²) in [7, 11) is 0. The number of carboxylic acids is 1. The molecule has 1 aromatic heterocycles. The Labute approximate surface area is 237 Å². The van der Waals surface area contributed by atoms with Crippen molar-refractivity contribution in [2.75, 3.05) is 18.6 Å². The fourth-order valence-electron chi connectivity index (χ4n) is 3.85. The number of aromatic nitrogens is 2. The number of rotatable bonds is 18. The molecule has 0 aliphatic heterocycles. The van der Waals surface area contributed by atoms with Crippen molar-refractivity contribution in [2.45, 2.75) is 62.7 Å². The number of aliphatic carboxylic acids is 1. The molecule has 0 radical (unpaired) electrons. The number of benzene rings is 1. The zero-order valence-corrected chi connectivity index (χ0v) is 23.3. The number of carbonyl (C=O) groups is 4. The van der Waals surface area contributed by atoms with E-state index in [1.807, 2.05) is 6.26 Å². The summed E-state index contributed by atoms with van der Waals surface area (Å²) in [5, 5.41) is 27.1. The van der Waals surface area contributed by atoms with Gasteiger partial charge in [0, 0.05) is 24.7 Å². The van der Waals surface area contributed by atoms with Gasteiger partial charge < -0.3 is 42.6 Å². The standard InChI is InChI=1S/C26H39N7O6S/c1-40-11-9-19(28)23(35)31-20(4-2-3-10-27)24(36)32-21(13-17-14-29-15-30-17)25(37)33-22(26(38)39)12-16-5-7-18(34)8-6-16/h5-8,14-15,19-22,34H,2-4,9-13,27-28H2,1H3,(H,29,30)(H,31,35)(H,32,36)(H,33,37)(H,38,39). The molecule has 0 bridgehead atoms. The number of H-pyrrole nitrogens is 1. The zero-order valence-electron chi connectivity index (χ0n) is 22.5. The first kappa shape index (κ1) is 32.6. The van der Waals surface area contributed by atoms with Gasteiger partial charge in [-0.3, -0.25) is 14.4 Å². The van der Waals surface area contributed by atoms with E-state index < -0.39 is 47.9 Å². The number of phenolic OH excluding ortho intramolecular Hbond substituents is 1. The van der Waals surface area contributed by atoms with Gasteiger partial charge in [0.25, 0.3) is 0 Å². The molecule has 1 aromatic carbocycles. The number of nitrogens with one attached hydrogen (secondary N) is 4. The monoisotopic (exact) mass is 577 g/mol. The number of hydrogen-bond acceptors (Lipinski definition) is 9. The Morgan fingerprint density at radius 3 is 2.20 bits per heavy atom. The molecular weight excluding hydrogens is 538 g/mol. The molecule has 10 N–H and O–H groups in total. The summed E-state index contributed by atoms with van der Waals surface area (Å²) in [4.78, 5) is 58.1. The highest BCUT2D eigenvalue weighted by atomic mass is 32.2. The van der Waals surface area contributed by atoms with Crippen molar-refractivity contribution in [3.63, 3.8) is 0 Å². The maximum absolute atomic E-state index is 13.3. The van der Waals surface area contributed by atoms with Gasteiger partial charge in [0.15, 0.2) is 0 Å². The van der Waals surface area contributed by atoms with E-state index in [1.165, 1.54) is 24.7 Å². The topological polar surface area (TPSA) is 226 Å². The van der Waals surface area contributed by atoms with Crippen LogP contribution < -0.4 is 27.4 Å². The number of thioether (sulfide) groups is 1. The van der Waals surface area contributed by atoms with Crippen LogP contribution in [0.25, 0.3) is 0 Å². The van der Waals surface area contributed by atoms with Crippen molar-refractivity contribution in [3.05, 3.63) is 48.0 Å². The average Bonchev–Trinajstić information content (AvgIpc) is 3.44. The number of imidazole rings is 1. The predicted molar refractivity (Wildman–Crippen MR) is 151 cm³/mol. The molecule has 13 nitrogen and oxygen atoms in total. The van der Waals surface area contributed by atoms with E-state index in [2.05, 4.69) is 25.9 Å². The lowest BCUT2D eigenvalue weighted by Crippen LogP contribution is -2.57. The van der Waals surface area contributed by atoms with Gasteiger partial charge in [-0.1, -0.05) is 12.1 Å². The summed E-state index contributed by atoms with van der Waals surface area (Å²) in [6.45, 7) is 0.415. The number of aromatic amines is 1. The first-order valence-corrected chi connectivity index (χ1v) is 14.4. The third-order valence-electron chi connectivity index (χ3n) is 6.15. The van der Waals surface area contributed by atoms with Gasteiger partial charge in [0.2, 0.25) is 17.7 Å². The number of aromatic hydroxyl groups is 1. The molecule has 2 aromatic rings. The number of nitrogens with two attached hydrogens (primary N) is 2. The lowest BCUT2D eigenvalue weighted by molar-refractivity contribution is -0.142. The van der Waals surface area contributed by atoms with E-state index in [4.69, 9.17) is 11.5 Å². The van der Waals surface area contributed by atoms with Gasteiger partial charge >= 0.3 is 5.97 Å². The van der Waals surface area contributed by atoms with Crippen LogP contribution in [0.4, 0.5) is 0 Å². The van der Waals surface area contributed by atoms with Crippen LogP contribution in [0, 0.1) is 0 Å². The Bertz CT molecular complexity index is 1080. The Hall–Kier alpha value is -3.62. The smallest absolute Gasteiger partial charge is 0.326 e. The summed E-state index contributed by atoms with van der Waals surface area (Å²) in [6.07, 6.45) is 6.67. The van der Waals surface area contributed by atoms with Crippen LogP contribution in [-0.4, -0.2) is 86.6 Å². The maximum Gasteiger partial charge on any atom is 0.326 e. The summed E-state index contributed by atoms with van der Waals surface area (Å²) in [5.74, 6) is -2.36. The van der Waals surface area contributed by atoms with Crippen LogP contribution in [0.1, 0.15) is 36.9 Å². The van der Waals surface area contributed by atoms with E-state index >= 15 is 0 Å². The van der Waals surface area contributed by atoms with Crippen molar-refractivity contribution in [2.24, 2.45) is 11.5 Å². The molecule has 0 saturated heterocycles. The quantitative estimate of drug-likeness (QED) is 0.107. The van der Waals surface area contributed by atoms with E-state index in [0.29, 0.717) is 42.8 Å². The molecule has 4 atom stereocenters.